The molecule has 32 heavy (non-hydrogen) atoms. The number of anilines is 5. The molecule has 166 valence electrons. The molecule has 0 unspecified atom stereocenters. The fraction of sp³-hybridized carbons (Fsp3) is 0.227. The van der Waals surface area contributed by atoms with Gasteiger partial charge in [-0.25, -0.2) is 14.8 Å². The summed E-state index contributed by atoms with van der Waals surface area (Å²) in [7, 11) is 0. The number of carbonyl (C=O) groups excluding carboxylic acids is 1. The topological polar surface area (TPSA) is 112 Å². The highest BCUT2D eigenvalue weighted by atomic mass is 19.1. The van der Waals surface area contributed by atoms with Crippen molar-refractivity contribution in [3.8, 4) is 5.75 Å². The number of halogens is 1. The lowest BCUT2D eigenvalue weighted by atomic mass is 10.1. The number of ether oxygens (including phenoxy) is 1. The third-order valence-electron chi connectivity index (χ3n) is 4.78. The van der Waals surface area contributed by atoms with Crippen molar-refractivity contribution in [2.24, 2.45) is 0 Å². The number of aromatic nitrogens is 2. The van der Waals surface area contributed by atoms with Gasteiger partial charge in [-0.3, -0.25) is 4.79 Å². The summed E-state index contributed by atoms with van der Waals surface area (Å²) in [5, 5.41) is 17.4. The fourth-order valence-electron chi connectivity index (χ4n) is 3.33. The first-order valence-corrected chi connectivity index (χ1v) is 10.2. The Hall–Kier alpha value is -3.92. The van der Waals surface area contributed by atoms with Crippen LogP contribution in [-0.4, -0.2) is 34.2 Å². The Kier molecular flexibility index (Phi) is 6.31. The minimum absolute atomic E-state index is 0.0210. The average Bonchev–Trinajstić information content (AvgIpc) is 3.17. The lowest BCUT2D eigenvalue weighted by Gasteiger charge is -2.19. The van der Waals surface area contributed by atoms with E-state index in [9.17, 15) is 14.3 Å². The number of hydrogen-bond donors (Lipinski definition) is 4. The Labute approximate surface area is 184 Å². The molecule has 0 radical (unpaired) electrons. The van der Waals surface area contributed by atoms with Crippen molar-refractivity contribution in [1.29, 1.82) is 0 Å². The van der Waals surface area contributed by atoms with E-state index in [1.54, 1.807) is 25.1 Å². The summed E-state index contributed by atoms with van der Waals surface area (Å²) in [6.45, 7) is 3.22. The van der Waals surface area contributed by atoms with Crippen molar-refractivity contribution in [1.82, 2.24) is 15.4 Å². The number of aromatic hydroxyl groups is 1. The van der Waals surface area contributed by atoms with E-state index < -0.39 is 5.82 Å². The third-order valence-corrected chi connectivity index (χ3v) is 4.78. The second kappa shape index (κ2) is 9.48. The van der Waals surface area contributed by atoms with E-state index in [-0.39, 0.29) is 29.9 Å². The SMILES string of the molecule is CCOC(=O)CCN1NCc2cc(Nc3nc(Nc4cccc(O)c4)ncc3F)ccc21. The van der Waals surface area contributed by atoms with Crippen LogP contribution in [-0.2, 0) is 16.1 Å². The smallest absolute Gasteiger partial charge is 0.307 e. The first kappa shape index (κ1) is 21.3. The number of rotatable bonds is 8. The molecule has 1 aliphatic heterocycles. The van der Waals surface area contributed by atoms with Gasteiger partial charge in [0.1, 0.15) is 5.75 Å². The molecular weight excluding hydrogens is 415 g/mol. The summed E-state index contributed by atoms with van der Waals surface area (Å²) >= 11 is 0. The van der Waals surface area contributed by atoms with E-state index >= 15 is 0 Å². The zero-order chi connectivity index (χ0) is 22.5. The molecule has 0 fully saturated rings. The molecule has 1 aliphatic rings. The summed E-state index contributed by atoms with van der Waals surface area (Å²) < 4.78 is 19.3. The number of benzene rings is 2. The van der Waals surface area contributed by atoms with Gasteiger partial charge in [-0.1, -0.05) is 6.07 Å². The van der Waals surface area contributed by atoms with Crippen LogP contribution >= 0.6 is 0 Å². The van der Waals surface area contributed by atoms with Gasteiger partial charge < -0.3 is 25.5 Å². The number of phenols is 1. The second-order valence-electron chi connectivity index (χ2n) is 7.08. The number of fused-ring (bicyclic) bond motifs is 1. The van der Waals surface area contributed by atoms with Crippen LogP contribution in [0.15, 0.2) is 48.7 Å². The number of phenolic OH excluding ortho intramolecular Hbond substituents is 1. The van der Waals surface area contributed by atoms with Crippen molar-refractivity contribution in [2.45, 2.75) is 19.9 Å². The van der Waals surface area contributed by atoms with Crippen LogP contribution in [0.5, 0.6) is 5.75 Å². The number of hydrogen-bond acceptors (Lipinski definition) is 9. The van der Waals surface area contributed by atoms with Crippen molar-refractivity contribution >= 4 is 34.8 Å². The molecule has 9 nitrogen and oxygen atoms in total. The predicted molar refractivity (Wildman–Crippen MR) is 119 cm³/mol. The Morgan fingerprint density at radius 1 is 1.25 bits per heavy atom. The summed E-state index contributed by atoms with van der Waals surface area (Å²) in [4.78, 5) is 19.8. The monoisotopic (exact) mass is 438 g/mol. The molecule has 0 aliphatic carbocycles. The van der Waals surface area contributed by atoms with Crippen molar-refractivity contribution in [3.05, 3.63) is 60.0 Å². The molecule has 4 N–H and O–H groups in total. The number of nitrogens with zero attached hydrogens (tertiary/aromatic N) is 3. The van der Waals surface area contributed by atoms with E-state index in [4.69, 9.17) is 4.74 Å². The zero-order valence-electron chi connectivity index (χ0n) is 17.4. The maximum absolute atomic E-state index is 14.3. The fourth-order valence-corrected chi connectivity index (χ4v) is 3.33. The quantitative estimate of drug-likeness (QED) is 0.392. The van der Waals surface area contributed by atoms with Gasteiger partial charge in [0.2, 0.25) is 5.95 Å². The van der Waals surface area contributed by atoms with Crippen LogP contribution in [0.4, 0.5) is 33.2 Å². The van der Waals surface area contributed by atoms with E-state index in [1.165, 1.54) is 6.07 Å². The normalized spacial score (nSPS) is 12.4. The molecule has 0 spiro atoms. The highest BCUT2D eigenvalue weighted by Gasteiger charge is 2.20. The standard InChI is InChI=1S/C22H23FN6O3/c1-2-32-20(31)8-9-29-19-7-6-16(10-14(19)12-25-29)26-21-18(23)13-24-22(28-21)27-15-4-3-5-17(30)11-15/h3-7,10-11,13,25,30H,2,8-9,12H2,1H3,(H2,24,26,27,28). The van der Waals surface area contributed by atoms with Crippen LogP contribution in [0.1, 0.15) is 18.9 Å². The Balaban J connectivity index is 1.45. The largest absolute Gasteiger partial charge is 0.508 e. The Bertz CT molecular complexity index is 1130. The van der Waals surface area contributed by atoms with Gasteiger partial charge in [0.25, 0.3) is 0 Å². The third kappa shape index (κ3) is 5.03. The van der Waals surface area contributed by atoms with Crippen LogP contribution in [0.2, 0.25) is 0 Å². The van der Waals surface area contributed by atoms with Gasteiger partial charge in [0.15, 0.2) is 11.6 Å². The van der Waals surface area contributed by atoms with E-state index in [0.717, 1.165) is 17.4 Å². The maximum Gasteiger partial charge on any atom is 0.307 e. The molecule has 2 heterocycles. The molecule has 3 aromatic rings. The molecule has 4 rings (SSSR count). The molecule has 1 aromatic heterocycles. The highest BCUT2D eigenvalue weighted by molar-refractivity contribution is 5.71. The molecule has 0 saturated heterocycles. The van der Waals surface area contributed by atoms with E-state index in [0.29, 0.717) is 31.1 Å². The maximum atomic E-state index is 14.3. The van der Waals surface area contributed by atoms with Crippen LogP contribution in [0, 0.1) is 5.82 Å². The van der Waals surface area contributed by atoms with Gasteiger partial charge in [0.05, 0.1) is 24.9 Å². The first-order valence-electron chi connectivity index (χ1n) is 10.2. The second-order valence-corrected chi connectivity index (χ2v) is 7.08. The predicted octanol–water partition coefficient (Wildman–Crippen LogP) is 3.59. The number of esters is 1. The van der Waals surface area contributed by atoms with Gasteiger partial charge in [-0.05, 0) is 42.8 Å². The Morgan fingerprint density at radius 2 is 2.09 bits per heavy atom. The molecular formula is C22H23FN6O3. The summed E-state index contributed by atoms with van der Waals surface area (Å²) in [5.41, 5.74) is 6.43. The molecule has 0 saturated carbocycles. The lowest BCUT2D eigenvalue weighted by Crippen LogP contribution is -2.34. The first-order chi connectivity index (χ1) is 15.5. The molecule has 2 aromatic carbocycles. The van der Waals surface area contributed by atoms with Crippen LogP contribution in [0.3, 0.4) is 0 Å². The van der Waals surface area contributed by atoms with E-state index in [1.807, 2.05) is 23.2 Å². The molecule has 0 atom stereocenters. The summed E-state index contributed by atoms with van der Waals surface area (Å²) in [6.07, 6.45) is 1.36. The van der Waals surface area contributed by atoms with E-state index in [2.05, 4.69) is 26.0 Å². The Morgan fingerprint density at radius 3 is 2.91 bits per heavy atom. The molecule has 0 bridgehead atoms. The molecule has 10 heteroatoms. The van der Waals surface area contributed by atoms with Crippen LogP contribution < -0.4 is 21.1 Å². The average molecular weight is 438 g/mol. The van der Waals surface area contributed by atoms with Crippen molar-refractivity contribution < 1.29 is 19.0 Å². The van der Waals surface area contributed by atoms with Gasteiger partial charge in [-0.2, -0.15) is 4.98 Å². The summed E-state index contributed by atoms with van der Waals surface area (Å²) in [5.74, 6) is -0.532. The van der Waals surface area contributed by atoms with Gasteiger partial charge >= 0.3 is 5.97 Å². The number of carbonyl (C=O) groups is 1. The minimum Gasteiger partial charge on any atom is -0.508 e. The number of nitrogens with one attached hydrogen (secondary N) is 3. The minimum atomic E-state index is -0.596. The highest BCUT2D eigenvalue weighted by Crippen LogP contribution is 2.30. The van der Waals surface area contributed by atoms with Crippen LogP contribution in [0.25, 0.3) is 0 Å². The lowest BCUT2D eigenvalue weighted by molar-refractivity contribution is -0.142. The molecule has 0 amide bonds. The van der Waals surface area contributed by atoms with Crippen molar-refractivity contribution in [2.75, 3.05) is 28.8 Å². The van der Waals surface area contributed by atoms with Crippen molar-refractivity contribution in [3.63, 3.8) is 0 Å². The number of hydrazine groups is 1. The van der Waals surface area contributed by atoms with Gasteiger partial charge in [0, 0.05) is 30.5 Å². The summed E-state index contributed by atoms with van der Waals surface area (Å²) in [6, 6.07) is 12.1. The van der Waals surface area contributed by atoms with Gasteiger partial charge in [-0.15, -0.1) is 0 Å². The zero-order valence-corrected chi connectivity index (χ0v) is 17.4.